The van der Waals surface area contributed by atoms with Gasteiger partial charge in [-0.2, -0.15) is 16.9 Å². The highest BCUT2D eigenvalue weighted by molar-refractivity contribution is 7.99. The number of thioether (sulfide) groups is 1. The molecule has 0 aliphatic carbocycles. The molecule has 1 rings (SSSR count). The first-order valence-electron chi connectivity index (χ1n) is 6.31. The second-order valence-corrected chi connectivity index (χ2v) is 4.94. The number of aliphatic imine (C=N–C) groups is 1. The first-order valence-corrected chi connectivity index (χ1v) is 7.47. The predicted octanol–water partition coefficient (Wildman–Crippen LogP) is 0.789. The molecule has 0 fully saturated rings. The van der Waals surface area contributed by atoms with E-state index < -0.39 is 0 Å². The minimum absolute atomic E-state index is 0.519. The summed E-state index contributed by atoms with van der Waals surface area (Å²) < 4.78 is 1.73. The Labute approximate surface area is 118 Å². The van der Waals surface area contributed by atoms with Gasteiger partial charge in [0.2, 0.25) is 0 Å². The van der Waals surface area contributed by atoms with E-state index in [1.54, 1.807) is 4.68 Å². The zero-order valence-electron chi connectivity index (χ0n) is 11.6. The zero-order chi connectivity index (χ0) is 13.9. The minimum Gasteiger partial charge on any atom is -0.357 e. The number of guanidine groups is 1. The van der Waals surface area contributed by atoms with Crippen LogP contribution in [0.1, 0.15) is 12.7 Å². The number of aromatic nitrogens is 3. The van der Waals surface area contributed by atoms with E-state index in [1.807, 2.05) is 31.8 Å². The molecule has 0 amide bonds. The lowest BCUT2D eigenvalue weighted by molar-refractivity contribution is 0.698. The van der Waals surface area contributed by atoms with Crippen molar-refractivity contribution in [2.75, 3.05) is 24.6 Å². The minimum atomic E-state index is 0.519. The van der Waals surface area contributed by atoms with E-state index in [4.69, 9.17) is 0 Å². The van der Waals surface area contributed by atoms with Crippen molar-refractivity contribution in [2.45, 2.75) is 13.5 Å². The Balaban J connectivity index is 2.38. The summed E-state index contributed by atoms with van der Waals surface area (Å²) in [6.45, 7) is 7.98. The van der Waals surface area contributed by atoms with Crippen LogP contribution in [-0.4, -0.2) is 45.3 Å². The molecular formula is C12H22N6S. The average molecular weight is 282 g/mol. The maximum Gasteiger partial charge on any atom is 0.191 e. The summed E-state index contributed by atoms with van der Waals surface area (Å²) in [5.41, 5.74) is 0. The van der Waals surface area contributed by atoms with Gasteiger partial charge in [0.05, 0.1) is 0 Å². The van der Waals surface area contributed by atoms with Crippen molar-refractivity contribution in [3.63, 3.8) is 0 Å². The third-order valence-corrected chi connectivity index (χ3v) is 3.27. The molecule has 0 saturated heterocycles. The van der Waals surface area contributed by atoms with E-state index >= 15 is 0 Å². The van der Waals surface area contributed by atoms with E-state index in [0.717, 1.165) is 36.4 Å². The van der Waals surface area contributed by atoms with Crippen molar-refractivity contribution in [3.05, 3.63) is 24.8 Å². The summed E-state index contributed by atoms with van der Waals surface area (Å²) in [4.78, 5) is 8.62. The van der Waals surface area contributed by atoms with Gasteiger partial charge < -0.3 is 10.6 Å². The van der Waals surface area contributed by atoms with Crippen LogP contribution in [0, 0.1) is 0 Å². The van der Waals surface area contributed by atoms with E-state index in [1.165, 1.54) is 6.33 Å². The van der Waals surface area contributed by atoms with Crippen molar-refractivity contribution in [1.82, 2.24) is 25.4 Å². The molecule has 0 aromatic carbocycles. The van der Waals surface area contributed by atoms with Gasteiger partial charge in [-0.25, -0.2) is 9.98 Å². The van der Waals surface area contributed by atoms with Gasteiger partial charge in [0.1, 0.15) is 18.7 Å². The number of aryl methyl sites for hydroxylation is 1. The van der Waals surface area contributed by atoms with Gasteiger partial charge >= 0.3 is 0 Å². The summed E-state index contributed by atoms with van der Waals surface area (Å²) in [5, 5.41) is 10.5. The molecule has 0 atom stereocenters. The standard InChI is InChI=1S/C12H22N6S/c1-4-7-19-8-6-14-12(13-5-2)15-9-11-16-10-17-18(11)3/h4,10H,1,5-9H2,2-3H3,(H2,13,14,15). The molecule has 2 N–H and O–H groups in total. The number of nitrogens with one attached hydrogen (secondary N) is 2. The highest BCUT2D eigenvalue weighted by Gasteiger charge is 2.00. The normalized spacial score (nSPS) is 11.4. The van der Waals surface area contributed by atoms with Crippen LogP contribution >= 0.6 is 11.8 Å². The van der Waals surface area contributed by atoms with Crippen molar-refractivity contribution < 1.29 is 0 Å². The second kappa shape index (κ2) is 9.43. The molecule has 7 heteroatoms. The number of hydrogen-bond donors (Lipinski definition) is 2. The summed E-state index contributed by atoms with van der Waals surface area (Å²) in [7, 11) is 1.87. The van der Waals surface area contributed by atoms with Gasteiger partial charge in [0.15, 0.2) is 5.96 Å². The topological polar surface area (TPSA) is 67.1 Å². The quantitative estimate of drug-likeness (QED) is 0.319. The lowest BCUT2D eigenvalue weighted by atomic mass is 10.6. The third kappa shape index (κ3) is 6.28. The Morgan fingerprint density at radius 3 is 3.05 bits per heavy atom. The summed E-state index contributed by atoms with van der Waals surface area (Å²) in [6.07, 6.45) is 3.45. The molecule has 0 aliphatic rings. The van der Waals surface area contributed by atoms with Gasteiger partial charge in [-0.1, -0.05) is 6.08 Å². The fraction of sp³-hybridized carbons (Fsp3) is 0.583. The third-order valence-electron chi connectivity index (χ3n) is 2.30. The number of rotatable bonds is 8. The van der Waals surface area contributed by atoms with Gasteiger partial charge in [-0.05, 0) is 6.92 Å². The Morgan fingerprint density at radius 2 is 2.42 bits per heavy atom. The number of nitrogens with zero attached hydrogens (tertiary/aromatic N) is 4. The molecule has 0 aliphatic heterocycles. The number of hydrogen-bond acceptors (Lipinski definition) is 4. The summed E-state index contributed by atoms with van der Waals surface area (Å²) in [6, 6.07) is 0. The van der Waals surface area contributed by atoms with Crippen LogP contribution in [0.5, 0.6) is 0 Å². The van der Waals surface area contributed by atoms with Crippen LogP contribution in [0.15, 0.2) is 24.0 Å². The Morgan fingerprint density at radius 1 is 1.58 bits per heavy atom. The molecule has 0 saturated carbocycles. The van der Waals surface area contributed by atoms with E-state index in [9.17, 15) is 0 Å². The summed E-state index contributed by atoms with van der Waals surface area (Å²) >= 11 is 1.84. The SMILES string of the molecule is C=CCSCCNC(=NCc1ncnn1C)NCC. The highest BCUT2D eigenvalue weighted by atomic mass is 32.2. The van der Waals surface area contributed by atoms with Gasteiger partial charge in [0, 0.05) is 31.6 Å². The molecule has 0 bridgehead atoms. The van der Waals surface area contributed by atoms with E-state index in [-0.39, 0.29) is 0 Å². The second-order valence-electron chi connectivity index (χ2n) is 3.79. The molecule has 19 heavy (non-hydrogen) atoms. The van der Waals surface area contributed by atoms with Crippen molar-refractivity contribution in [3.8, 4) is 0 Å². The molecular weight excluding hydrogens is 260 g/mol. The van der Waals surface area contributed by atoms with Crippen LogP contribution in [0.4, 0.5) is 0 Å². The average Bonchev–Trinajstić information content (AvgIpc) is 2.81. The molecule has 0 spiro atoms. The van der Waals surface area contributed by atoms with Crippen molar-refractivity contribution >= 4 is 17.7 Å². The van der Waals surface area contributed by atoms with Gasteiger partial charge in [-0.15, -0.1) is 6.58 Å². The van der Waals surface area contributed by atoms with Gasteiger partial charge in [0.25, 0.3) is 0 Å². The fourth-order valence-corrected chi connectivity index (χ4v) is 1.94. The molecule has 6 nitrogen and oxygen atoms in total. The lowest BCUT2D eigenvalue weighted by Crippen LogP contribution is -2.38. The van der Waals surface area contributed by atoms with Crippen molar-refractivity contribution in [1.29, 1.82) is 0 Å². The molecule has 106 valence electrons. The predicted molar refractivity (Wildman–Crippen MR) is 81.3 cm³/mol. The smallest absolute Gasteiger partial charge is 0.191 e. The van der Waals surface area contributed by atoms with Crippen LogP contribution in [0.3, 0.4) is 0 Å². The molecule has 1 aromatic heterocycles. The maximum absolute atomic E-state index is 4.48. The van der Waals surface area contributed by atoms with E-state index in [2.05, 4.69) is 32.3 Å². The first-order chi connectivity index (χ1) is 9.27. The first kappa shape index (κ1) is 15.6. The zero-order valence-corrected chi connectivity index (χ0v) is 12.4. The van der Waals surface area contributed by atoms with Crippen LogP contribution in [0.25, 0.3) is 0 Å². The van der Waals surface area contributed by atoms with Crippen molar-refractivity contribution in [2.24, 2.45) is 12.0 Å². The van der Waals surface area contributed by atoms with Crippen LogP contribution in [-0.2, 0) is 13.6 Å². The molecule has 1 heterocycles. The molecule has 0 unspecified atom stereocenters. The fourth-order valence-electron chi connectivity index (χ4n) is 1.36. The van der Waals surface area contributed by atoms with Gasteiger partial charge in [-0.3, -0.25) is 4.68 Å². The molecule has 1 aromatic rings. The molecule has 0 radical (unpaired) electrons. The largest absolute Gasteiger partial charge is 0.357 e. The highest BCUT2D eigenvalue weighted by Crippen LogP contribution is 1.97. The van der Waals surface area contributed by atoms with Crippen LogP contribution < -0.4 is 10.6 Å². The maximum atomic E-state index is 4.48. The van der Waals surface area contributed by atoms with E-state index in [0.29, 0.717) is 6.54 Å². The Hall–Kier alpha value is -1.50. The monoisotopic (exact) mass is 282 g/mol. The Bertz CT molecular complexity index is 401. The lowest BCUT2D eigenvalue weighted by Gasteiger charge is -2.10. The Kier molecular flexibility index (Phi) is 7.72. The van der Waals surface area contributed by atoms with Crippen LogP contribution in [0.2, 0.25) is 0 Å². The summed E-state index contributed by atoms with van der Waals surface area (Å²) in [5.74, 6) is 3.66.